The average molecular weight is 365 g/mol. The van der Waals surface area contributed by atoms with Gasteiger partial charge in [-0.3, -0.25) is 0 Å². The molecule has 1 aromatic heterocycles. The Bertz CT molecular complexity index is 753. The van der Waals surface area contributed by atoms with Crippen molar-refractivity contribution in [1.29, 1.82) is 0 Å². The lowest BCUT2D eigenvalue weighted by molar-refractivity contribution is -0.0137. The lowest BCUT2D eigenvalue weighted by Gasteiger charge is -2.56. The molecule has 2 amide bonds. The van der Waals surface area contributed by atoms with Crippen molar-refractivity contribution >= 4 is 6.03 Å². The number of carbonyl (C=O) groups excluding carboxylic acids is 1. The fourth-order valence-corrected chi connectivity index (χ4v) is 6.12. The van der Waals surface area contributed by atoms with E-state index in [1.807, 2.05) is 30.3 Å². The summed E-state index contributed by atoms with van der Waals surface area (Å²) in [6, 6.07) is 9.85. The van der Waals surface area contributed by atoms with Crippen LogP contribution in [0, 0.1) is 17.8 Å². The third-order valence-corrected chi connectivity index (χ3v) is 6.74. The van der Waals surface area contributed by atoms with Crippen LogP contribution in [0.1, 0.15) is 50.1 Å². The number of hydrogen-bond donors (Lipinski definition) is 2. The van der Waals surface area contributed by atoms with Crippen LogP contribution >= 0.6 is 0 Å². The molecule has 4 fully saturated rings. The largest absolute Gasteiger partial charge is 0.333 e. The lowest BCUT2D eigenvalue weighted by Crippen LogP contribution is -2.61. The Balaban J connectivity index is 1.30. The number of carbonyl (C=O) groups is 1. The molecule has 1 unspecified atom stereocenters. The monoisotopic (exact) mass is 365 g/mol. The van der Waals surface area contributed by atoms with Crippen LogP contribution in [0.3, 0.4) is 0 Å². The van der Waals surface area contributed by atoms with Gasteiger partial charge in [0.15, 0.2) is 0 Å². The van der Waals surface area contributed by atoms with E-state index < -0.39 is 0 Å². The molecule has 1 aromatic carbocycles. The molecule has 4 bridgehead atoms. The third kappa shape index (κ3) is 3.45. The van der Waals surface area contributed by atoms with Crippen molar-refractivity contribution in [1.82, 2.24) is 25.6 Å². The molecule has 1 heterocycles. The zero-order valence-corrected chi connectivity index (χ0v) is 15.6. The summed E-state index contributed by atoms with van der Waals surface area (Å²) in [5.74, 6) is 2.44. The molecule has 0 spiro atoms. The smallest absolute Gasteiger partial charge is 0.315 e. The summed E-state index contributed by atoms with van der Waals surface area (Å²) in [4.78, 5) is 14.6. The van der Waals surface area contributed by atoms with Crippen LogP contribution in [-0.4, -0.2) is 26.6 Å². The maximum Gasteiger partial charge on any atom is 0.315 e. The molecule has 2 N–H and O–H groups in total. The Hall–Kier alpha value is -2.37. The summed E-state index contributed by atoms with van der Waals surface area (Å²) < 4.78 is 0. The molecule has 4 aliphatic rings. The molecule has 4 aliphatic carbocycles. The zero-order valence-electron chi connectivity index (χ0n) is 15.6. The summed E-state index contributed by atoms with van der Waals surface area (Å²) in [5, 5.41) is 15.0. The Morgan fingerprint density at radius 1 is 1.04 bits per heavy atom. The number of nitrogens with zero attached hydrogens (tertiary/aromatic N) is 3. The number of hydrogen-bond acceptors (Lipinski definition) is 3. The van der Waals surface area contributed by atoms with Gasteiger partial charge in [0.2, 0.25) is 0 Å². The molecule has 2 aromatic rings. The fourth-order valence-electron chi connectivity index (χ4n) is 6.12. The minimum Gasteiger partial charge on any atom is -0.333 e. The van der Waals surface area contributed by atoms with Crippen LogP contribution in [0.15, 0.2) is 42.7 Å². The van der Waals surface area contributed by atoms with Crippen LogP contribution in [0.5, 0.6) is 0 Å². The standard InChI is InChI=1S/C21H27N5O/c27-20(25-21-11-15-8-16(12-21)10-17(9-15)13-21)24-19(14-26-22-6-7-23-26)18-4-2-1-3-5-18/h1-7,15-17,19H,8-14H2,(H2,24,25,27). The van der Waals surface area contributed by atoms with Gasteiger partial charge in [-0.2, -0.15) is 15.0 Å². The van der Waals surface area contributed by atoms with Gasteiger partial charge in [0.05, 0.1) is 25.0 Å². The van der Waals surface area contributed by atoms with E-state index in [4.69, 9.17) is 0 Å². The van der Waals surface area contributed by atoms with Gasteiger partial charge in [-0.25, -0.2) is 4.79 Å². The number of aromatic nitrogens is 3. The molecule has 6 heteroatoms. The molecule has 0 aliphatic heterocycles. The second-order valence-electron chi connectivity index (χ2n) is 8.84. The van der Waals surface area contributed by atoms with Crippen molar-refractivity contribution in [3.8, 4) is 0 Å². The first-order chi connectivity index (χ1) is 13.2. The number of rotatable bonds is 5. The van der Waals surface area contributed by atoms with Gasteiger partial charge in [-0.05, 0) is 61.8 Å². The number of urea groups is 1. The average Bonchev–Trinajstić information content (AvgIpc) is 3.13. The minimum atomic E-state index is -0.160. The molecule has 0 radical (unpaired) electrons. The van der Waals surface area contributed by atoms with E-state index in [-0.39, 0.29) is 17.6 Å². The number of nitrogens with one attached hydrogen (secondary N) is 2. The van der Waals surface area contributed by atoms with Crippen molar-refractivity contribution in [2.45, 2.75) is 56.7 Å². The van der Waals surface area contributed by atoms with E-state index in [1.165, 1.54) is 19.3 Å². The van der Waals surface area contributed by atoms with E-state index in [0.717, 1.165) is 42.6 Å². The summed E-state index contributed by atoms with van der Waals surface area (Å²) in [5.41, 5.74) is 1.08. The van der Waals surface area contributed by atoms with Gasteiger partial charge >= 0.3 is 6.03 Å². The van der Waals surface area contributed by atoms with Gasteiger partial charge in [0.1, 0.15) is 0 Å². The van der Waals surface area contributed by atoms with Crippen molar-refractivity contribution in [2.24, 2.45) is 17.8 Å². The SMILES string of the molecule is O=C(NC(Cn1nccn1)c1ccccc1)NC12CC3CC(CC(C3)C1)C2. The van der Waals surface area contributed by atoms with Gasteiger partial charge in [-0.15, -0.1) is 0 Å². The second kappa shape index (κ2) is 6.66. The van der Waals surface area contributed by atoms with Crippen molar-refractivity contribution in [3.63, 3.8) is 0 Å². The van der Waals surface area contributed by atoms with Crippen molar-refractivity contribution in [3.05, 3.63) is 48.3 Å². The number of amides is 2. The highest BCUT2D eigenvalue weighted by Crippen LogP contribution is 2.55. The minimum absolute atomic E-state index is 0.0179. The van der Waals surface area contributed by atoms with E-state index in [0.29, 0.717) is 6.54 Å². The highest BCUT2D eigenvalue weighted by atomic mass is 16.2. The third-order valence-electron chi connectivity index (χ3n) is 6.74. The quantitative estimate of drug-likeness (QED) is 0.854. The molecule has 4 saturated carbocycles. The fraction of sp³-hybridized carbons (Fsp3) is 0.571. The molecule has 1 atom stereocenters. The molecule has 142 valence electrons. The summed E-state index contributed by atoms with van der Waals surface area (Å²) in [6.45, 7) is 0.519. The van der Waals surface area contributed by atoms with E-state index in [2.05, 4.69) is 20.8 Å². The predicted molar refractivity (Wildman–Crippen MR) is 102 cm³/mol. The molecular weight excluding hydrogens is 338 g/mol. The normalized spacial score (nSPS) is 32.2. The maximum atomic E-state index is 13.0. The Morgan fingerprint density at radius 2 is 1.63 bits per heavy atom. The Morgan fingerprint density at radius 3 is 2.22 bits per heavy atom. The molecule has 0 saturated heterocycles. The lowest BCUT2D eigenvalue weighted by atomic mass is 9.53. The highest BCUT2D eigenvalue weighted by Gasteiger charge is 2.51. The van der Waals surface area contributed by atoms with Crippen LogP contribution in [0.4, 0.5) is 4.79 Å². The summed E-state index contributed by atoms with van der Waals surface area (Å²) >= 11 is 0. The van der Waals surface area contributed by atoms with Crippen LogP contribution in [-0.2, 0) is 6.54 Å². The second-order valence-corrected chi connectivity index (χ2v) is 8.84. The first-order valence-electron chi connectivity index (χ1n) is 10.2. The van der Waals surface area contributed by atoms with Gasteiger partial charge in [-0.1, -0.05) is 30.3 Å². The van der Waals surface area contributed by atoms with Crippen LogP contribution in [0.2, 0.25) is 0 Å². The molecular formula is C21H27N5O. The molecule has 27 heavy (non-hydrogen) atoms. The summed E-state index contributed by atoms with van der Waals surface area (Å²) in [7, 11) is 0. The van der Waals surface area contributed by atoms with Crippen LogP contribution in [0.25, 0.3) is 0 Å². The maximum absolute atomic E-state index is 13.0. The van der Waals surface area contributed by atoms with Gasteiger partial charge in [0.25, 0.3) is 0 Å². The molecule has 6 nitrogen and oxygen atoms in total. The van der Waals surface area contributed by atoms with E-state index in [1.54, 1.807) is 17.2 Å². The highest BCUT2D eigenvalue weighted by molar-refractivity contribution is 5.75. The van der Waals surface area contributed by atoms with Crippen molar-refractivity contribution < 1.29 is 4.79 Å². The first-order valence-corrected chi connectivity index (χ1v) is 10.2. The predicted octanol–water partition coefficient (Wildman–Crippen LogP) is 3.29. The summed E-state index contributed by atoms with van der Waals surface area (Å²) in [6.07, 6.45) is 10.9. The Kier molecular flexibility index (Phi) is 4.14. The van der Waals surface area contributed by atoms with Crippen molar-refractivity contribution in [2.75, 3.05) is 0 Å². The van der Waals surface area contributed by atoms with Crippen LogP contribution < -0.4 is 10.6 Å². The molecule has 6 rings (SSSR count). The van der Waals surface area contributed by atoms with Gasteiger partial charge < -0.3 is 10.6 Å². The number of benzene rings is 1. The first kappa shape index (κ1) is 16.8. The van der Waals surface area contributed by atoms with E-state index >= 15 is 0 Å². The Labute approximate surface area is 159 Å². The van der Waals surface area contributed by atoms with Gasteiger partial charge in [0, 0.05) is 5.54 Å². The zero-order chi connectivity index (χ0) is 18.3. The topological polar surface area (TPSA) is 71.8 Å². The van der Waals surface area contributed by atoms with E-state index in [9.17, 15) is 4.79 Å².